The van der Waals surface area contributed by atoms with E-state index in [4.69, 9.17) is 0 Å². The Hall–Kier alpha value is -2.71. The fourth-order valence-electron chi connectivity index (χ4n) is 4.33. The number of likely N-dealkylation sites (tertiary alicyclic amines) is 1. The average Bonchev–Trinajstić information content (AvgIpc) is 3.15. The molecule has 0 spiro atoms. The van der Waals surface area contributed by atoms with Crippen molar-refractivity contribution in [2.45, 2.75) is 36.1 Å². The molecule has 1 aliphatic heterocycles. The molecule has 170 valence electrons. The Bertz CT molecular complexity index is 1230. The van der Waals surface area contributed by atoms with Gasteiger partial charge in [0, 0.05) is 35.8 Å². The lowest BCUT2D eigenvalue weighted by Crippen LogP contribution is -2.45. The molecule has 0 aliphatic carbocycles. The number of fused-ring (bicyclic) bond motifs is 1. The molecule has 0 atom stereocenters. The van der Waals surface area contributed by atoms with Crippen LogP contribution in [0.3, 0.4) is 0 Å². The summed E-state index contributed by atoms with van der Waals surface area (Å²) in [5, 5.41) is 0.540. The molecule has 0 N–H and O–H groups in total. The number of amides is 1. The minimum atomic E-state index is -3.82. The van der Waals surface area contributed by atoms with Gasteiger partial charge in [-0.2, -0.15) is 0 Å². The van der Waals surface area contributed by atoms with E-state index in [0.29, 0.717) is 10.9 Å². The summed E-state index contributed by atoms with van der Waals surface area (Å²) in [6.45, 7) is 1.96. The number of rotatable bonds is 6. The van der Waals surface area contributed by atoms with Crippen molar-refractivity contribution < 1.29 is 17.6 Å². The van der Waals surface area contributed by atoms with Crippen LogP contribution in [0.4, 0.5) is 4.39 Å². The second-order valence-corrected chi connectivity index (χ2v) is 10.5. The van der Waals surface area contributed by atoms with E-state index in [0.717, 1.165) is 25.9 Å². The third-order valence-electron chi connectivity index (χ3n) is 6.33. The number of likely N-dealkylation sites (N-methyl/N-ethyl adjacent to an activating group) is 1. The van der Waals surface area contributed by atoms with Gasteiger partial charge in [0.1, 0.15) is 12.4 Å². The van der Waals surface area contributed by atoms with E-state index in [2.05, 4.69) is 11.9 Å². The number of carbonyl (C=O) groups is 1. The number of piperidine rings is 1. The van der Waals surface area contributed by atoms with Crippen LogP contribution in [-0.2, 0) is 26.9 Å². The number of benzene rings is 2. The molecule has 2 aromatic carbocycles. The highest BCUT2D eigenvalue weighted by molar-refractivity contribution is 7.90. The monoisotopic (exact) mass is 457 g/mol. The van der Waals surface area contributed by atoms with Gasteiger partial charge in [0.25, 0.3) is 0 Å². The van der Waals surface area contributed by atoms with Crippen LogP contribution in [0.15, 0.2) is 59.6 Å². The van der Waals surface area contributed by atoms with Gasteiger partial charge in [-0.15, -0.1) is 0 Å². The first-order valence-corrected chi connectivity index (χ1v) is 12.4. The number of sulfone groups is 1. The van der Waals surface area contributed by atoms with Gasteiger partial charge < -0.3 is 14.4 Å². The van der Waals surface area contributed by atoms with Gasteiger partial charge in [0.05, 0.1) is 10.6 Å². The van der Waals surface area contributed by atoms with E-state index in [9.17, 15) is 17.6 Å². The number of hydrogen-bond acceptors (Lipinski definition) is 4. The summed E-state index contributed by atoms with van der Waals surface area (Å²) in [6, 6.07) is 13.2. The van der Waals surface area contributed by atoms with Crippen LogP contribution in [0.2, 0.25) is 0 Å². The lowest BCUT2D eigenvalue weighted by atomic mass is 10.0. The molecule has 0 bridgehead atoms. The first-order valence-electron chi connectivity index (χ1n) is 10.7. The number of para-hydroxylation sites is 1. The van der Waals surface area contributed by atoms with Crippen LogP contribution in [-0.4, -0.2) is 61.9 Å². The number of aromatic nitrogens is 1. The summed E-state index contributed by atoms with van der Waals surface area (Å²) in [4.78, 5) is 17.2. The second kappa shape index (κ2) is 9.03. The van der Waals surface area contributed by atoms with E-state index in [1.807, 2.05) is 13.1 Å². The summed E-state index contributed by atoms with van der Waals surface area (Å²) < 4.78 is 42.2. The molecule has 1 saturated heterocycles. The minimum Gasteiger partial charge on any atom is -0.341 e. The molecule has 0 radical (unpaired) electrons. The number of hydrogen-bond donors (Lipinski definition) is 0. The van der Waals surface area contributed by atoms with Gasteiger partial charge >= 0.3 is 0 Å². The van der Waals surface area contributed by atoms with E-state index < -0.39 is 21.4 Å². The highest BCUT2D eigenvalue weighted by Crippen LogP contribution is 2.29. The number of carbonyl (C=O) groups excluding carboxylic acids is 1. The molecule has 3 aromatic rings. The van der Waals surface area contributed by atoms with Crippen molar-refractivity contribution >= 4 is 26.6 Å². The van der Waals surface area contributed by atoms with Crippen LogP contribution in [0, 0.1) is 5.82 Å². The molecular formula is C24H28FN3O3S. The third-order valence-corrected chi connectivity index (χ3v) is 8.01. The van der Waals surface area contributed by atoms with E-state index >= 15 is 0 Å². The van der Waals surface area contributed by atoms with E-state index in [1.165, 1.54) is 24.4 Å². The van der Waals surface area contributed by atoms with Crippen LogP contribution >= 0.6 is 0 Å². The van der Waals surface area contributed by atoms with Crippen molar-refractivity contribution in [3.63, 3.8) is 0 Å². The lowest BCUT2D eigenvalue weighted by molar-refractivity contribution is -0.133. The maximum atomic E-state index is 14.1. The van der Waals surface area contributed by atoms with Crippen LogP contribution < -0.4 is 0 Å². The fraction of sp³-hybridized carbons (Fsp3) is 0.375. The van der Waals surface area contributed by atoms with Gasteiger partial charge in [-0.3, -0.25) is 4.79 Å². The quantitative estimate of drug-likeness (QED) is 0.570. The van der Waals surface area contributed by atoms with E-state index in [1.54, 1.807) is 33.7 Å². The highest BCUT2D eigenvalue weighted by Gasteiger charge is 2.26. The van der Waals surface area contributed by atoms with Crippen molar-refractivity contribution in [1.29, 1.82) is 0 Å². The summed E-state index contributed by atoms with van der Waals surface area (Å²) in [6.07, 6.45) is 3.36. The topological polar surface area (TPSA) is 62.6 Å². The first-order chi connectivity index (χ1) is 15.3. The predicted molar refractivity (Wildman–Crippen MR) is 123 cm³/mol. The maximum Gasteiger partial charge on any atom is 0.242 e. The third kappa shape index (κ3) is 4.56. The van der Waals surface area contributed by atoms with Crippen LogP contribution in [0.1, 0.15) is 18.4 Å². The normalized spacial score (nSPS) is 15.8. The smallest absolute Gasteiger partial charge is 0.242 e. The summed E-state index contributed by atoms with van der Waals surface area (Å²) >= 11 is 0. The molecule has 1 amide bonds. The minimum absolute atomic E-state index is 0.0541. The molecule has 4 rings (SSSR count). The Morgan fingerprint density at radius 3 is 2.47 bits per heavy atom. The zero-order valence-corrected chi connectivity index (χ0v) is 19.2. The van der Waals surface area contributed by atoms with Gasteiger partial charge in [0.15, 0.2) is 9.84 Å². The number of halogens is 1. The molecule has 1 aliphatic rings. The van der Waals surface area contributed by atoms with Gasteiger partial charge in [0.2, 0.25) is 5.91 Å². The Labute approximate surface area is 188 Å². The van der Waals surface area contributed by atoms with E-state index in [-0.39, 0.29) is 29.0 Å². The SMILES string of the molecule is CN1CCC(N(C)C(=O)Cn2cc(S(=O)(=O)Cc3ccccc3F)c3ccccc32)CC1. The second-order valence-electron chi connectivity index (χ2n) is 8.53. The number of nitrogens with zero attached hydrogens (tertiary/aromatic N) is 3. The van der Waals surface area contributed by atoms with Crippen LogP contribution in [0.25, 0.3) is 10.9 Å². The standard InChI is InChI=1S/C24H28FN3O3S/c1-26-13-11-19(12-14-26)27(2)24(29)16-28-15-23(20-8-4-6-10-22(20)28)32(30,31)17-18-7-3-5-9-21(18)25/h3-10,15,19H,11-14,16-17H2,1-2H3. The fourth-order valence-corrected chi connectivity index (χ4v) is 5.93. The molecular weight excluding hydrogens is 429 g/mol. The van der Waals surface area contributed by atoms with Crippen molar-refractivity contribution in [2.24, 2.45) is 0 Å². The summed E-state index contributed by atoms with van der Waals surface area (Å²) in [5.74, 6) is -1.04. The molecule has 0 unspecified atom stereocenters. The average molecular weight is 458 g/mol. The lowest BCUT2D eigenvalue weighted by Gasteiger charge is -2.35. The zero-order valence-electron chi connectivity index (χ0n) is 18.4. The Kier molecular flexibility index (Phi) is 6.35. The summed E-state index contributed by atoms with van der Waals surface area (Å²) in [5.41, 5.74) is 0.798. The van der Waals surface area contributed by atoms with Crippen molar-refractivity contribution in [2.75, 3.05) is 27.2 Å². The van der Waals surface area contributed by atoms with Crippen molar-refractivity contribution in [1.82, 2.24) is 14.4 Å². The molecule has 8 heteroatoms. The molecule has 1 fully saturated rings. The maximum absolute atomic E-state index is 14.1. The van der Waals surface area contributed by atoms with Gasteiger partial charge in [-0.25, -0.2) is 12.8 Å². The molecule has 0 saturated carbocycles. The largest absolute Gasteiger partial charge is 0.341 e. The van der Waals surface area contributed by atoms with Gasteiger partial charge in [-0.1, -0.05) is 36.4 Å². The van der Waals surface area contributed by atoms with Gasteiger partial charge in [-0.05, 0) is 45.1 Å². The van der Waals surface area contributed by atoms with Crippen molar-refractivity contribution in [3.05, 3.63) is 66.1 Å². The zero-order chi connectivity index (χ0) is 22.9. The molecule has 6 nitrogen and oxygen atoms in total. The first kappa shape index (κ1) is 22.5. The highest BCUT2D eigenvalue weighted by atomic mass is 32.2. The van der Waals surface area contributed by atoms with Crippen LogP contribution in [0.5, 0.6) is 0 Å². The van der Waals surface area contributed by atoms with Crippen molar-refractivity contribution in [3.8, 4) is 0 Å². The molecule has 2 heterocycles. The Morgan fingerprint density at radius 2 is 1.75 bits per heavy atom. The summed E-state index contributed by atoms with van der Waals surface area (Å²) in [7, 11) is 0.0805. The predicted octanol–water partition coefficient (Wildman–Crippen LogP) is 3.31. The molecule has 32 heavy (non-hydrogen) atoms. The Balaban J connectivity index is 1.61. The molecule has 1 aromatic heterocycles. The Morgan fingerprint density at radius 1 is 1.09 bits per heavy atom.